The fourth-order valence-corrected chi connectivity index (χ4v) is 1.70. The Morgan fingerprint density at radius 2 is 1.65 bits per heavy atom. The fraction of sp³-hybridized carbons (Fsp3) is 0.308. The lowest BCUT2D eigenvalue weighted by Crippen LogP contribution is -2.38. The van der Waals surface area contributed by atoms with Gasteiger partial charge in [-0.25, -0.2) is 0 Å². The largest absolute Gasteiger partial charge is 0.481 e. The molecule has 0 bridgehead atoms. The van der Waals surface area contributed by atoms with Crippen molar-refractivity contribution in [1.82, 2.24) is 4.90 Å². The maximum atomic E-state index is 12.0. The van der Waals surface area contributed by atoms with Gasteiger partial charge in [0.05, 0.1) is 12.8 Å². The Kier molecular flexibility index (Phi) is 5.99. The maximum absolute atomic E-state index is 12.0. The number of carbonyl (C=O) groups excluding carboxylic acids is 1. The molecule has 1 aromatic rings. The summed E-state index contributed by atoms with van der Waals surface area (Å²) in [4.78, 5) is 34.2. The van der Waals surface area contributed by atoms with Crippen LogP contribution in [0.4, 0.5) is 0 Å². The molecule has 0 atom stereocenters. The van der Waals surface area contributed by atoms with E-state index in [1.165, 1.54) is 0 Å². The van der Waals surface area contributed by atoms with Crippen LogP contribution in [0.2, 0.25) is 5.02 Å². The van der Waals surface area contributed by atoms with E-state index in [1.807, 2.05) is 0 Å². The molecule has 108 valence electrons. The van der Waals surface area contributed by atoms with Crippen molar-refractivity contribution in [2.75, 3.05) is 13.1 Å². The van der Waals surface area contributed by atoms with Gasteiger partial charge >= 0.3 is 11.9 Å². The Morgan fingerprint density at radius 3 is 2.15 bits per heavy atom. The normalized spacial score (nSPS) is 10.1. The molecule has 0 fully saturated rings. The smallest absolute Gasteiger partial charge is 0.323 e. The molecule has 0 aliphatic rings. The number of aliphatic carboxylic acids is 2. The van der Waals surface area contributed by atoms with Crippen molar-refractivity contribution < 1.29 is 24.6 Å². The predicted octanol–water partition coefficient (Wildman–Crippen LogP) is 1.27. The lowest BCUT2D eigenvalue weighted by molar-refractivity contribution is -0.145. The van der Waals surface area contributed by atoms with E-state index in [0.29, 0.717) is 10.6 Å². The number of amides is 1. The van der Waals surface area contributed by atoms with Gasteiger partial charge in [0.2, 0.25) is 5.91 Å². The van der Waals surface area contributed by atoms with Crippen LogP contribution in [0.5, 0.6) is 0 Å². The third-order valence-corrected chi connectivity index (χ3v) is 2.79. The maximum Gasteiger partial charge on any atom is 0.323 e. The summed E-state index contributed by atoms with van der Waals surface area (Å²) in [5.41, 5.74) is 0.685. The van der Waals surface area contributed by atoms with Gasteiger partial charge in [0.15, 0.2) is 0 Å². The first-order valence-corrected chi connectivity index (χ1v) is 6.22. The number of carboxylic acid groups (broad SMARTS) is 2. The quantitative estimate of drug-likeness (QED) is 0.790. The van der Waals surface area contributed by atoms with Gasteiger partial charge in [-0.15, -0.1) is 0 Å². The van der Waals surface area contributed by atoms with Gasteiger partial charge in [0, 0.05) is 11.6 Å². The first-order valence-electron chi connectivity index (χ1n) is 5.84. The second kappa shape index (κ2) is 7.49. The van der Waals surface area contributed by atoms with Gasteiger partial charge in [-0.3, -0.25) is 14.4 Å². The van der Waals surface area contributed by atoms with Crippen molar-refractivity contribution in [3.05, 3.63) is 34.9 Å². The van der Waals surface area contributed by atoms with E-state index < -0.39 is 24.4 Å². The molecule has 0 spiro atoms. The van der Waals surface area contributed by atoms with E-state index in [1.54, 1.807) is 24.3 Å². The highest BCUT2D eigenvalue weighted by molar-refractivity contribution is 6.30. The summed E-state index contributed by atoms with van der Waals surface area (Å²) in [6, 6.07) is 6.58. The molecule has 0 aliphatic carbocycles. The van der Waals surface area contributed by atoms with Gasteiger partial charge < -0.3 is 15.1 Å². The standard InChI is InChI=1S/C13H14ClNO5/c14-10-3-1-9(2-4-10)7-11(16)15(8-13(19)20)6-5-12(17)18/h1-4H,5-8H2,(H,17,18)(H,19,20). The van der Waals surface area contributed by atoms with E-state index in [9.17, 15) is 14.4 Å². The molecule has 0 unspecified atom stereocenters. The first-order chi connectivity index (χ1) is 9.38. The summed E-state index contributed by atoms with van der Waals surface area (Å²) in [5.74, 6) is -2.70. The molecule has 1 rings (SSSR count). The Balaban J connectivity index is 2.68. The van der Waals surface area contributed by atoms with Crippen LogP contribution in [0.25, 0.3) is 0 Å². The van der Waals surface area contributed by atoms with Crippen LogP contribution in [-0.2, 0) is 20.8 Å². The third-order valence-electron chi connectivity index (χ3n) is 2.54. The van der Waals surface area contributed by atoms with Crippen molar-refractivity contribution in [2.45, 2.75) is 12.8 Å². The Bertz CT molecular complexity index is 500. The SMILES string of the molecule is O=C(O)CCN(CC(=O)O)C(=O)Cc1ccc(Cl)cc1. The van der Waals surface area contributed by atoms with Gasteiger partial charge in [0.1, 0.15) is 6.54 Å². The number of halogens is 1. The lowest BCUT2D eigenvalue weighted by Gasteiger charge is -2.19. The summed E-state index contributed by atoms with van der Waals surface area (Å²) in [5, 5.41) is 17.9. The minimum Gasteiger partial charge on any atom is -0.481 e. The zero-order valence-corrected chi connectivity index (χ0v) is 11.3. The van der Waals surface area contributed by atoms with Crippen molar-refractivity contribution >= 4 is 29.4 Å². The van der Waals surface area contributed by atoms with Gasteiger partial charge in [-0.1, -0.05) is 23.7 Å². The van der Waals surface area contributed by atoms with Crippen molar-refractivity contribution in [2.24, 2.45) is 0 Å². The summed E-state index contributed by atoms with van der Waals surface area (Å²) >= 11 is 5.73. The molecule has 7 heteroatoms. The van der Waals surface area contributed by atoms with Gasteiger partial charge in [-0.2, -0.15) is 0 Å². The molecular formula is C13H14ClNO5. The highest BCUT2D eigenvalue weighted by atomic mass is 35.5. The van der Waals surface area contributed by atoms with E-state index in [-0.39, 0.29) is 19.4 Å². The summed E-state index contributed by atoms with van der Waals surface area (Å²) in [6.07, 6.45) is -0.288. The molecule has 0 aliphatic heterocycles. The van der Waals surface area contributed by atoms with E-state index in [0.717, 1.165) is 4.90 Å². The van der Waals surface area contributed by atoms with Crippen molar-refractivity contribution in [1.29, 1.82) is 0 Å². The number of hydrogen-bond donors (Lipinski definition) is 2. The van der Waals surface area contributed by atoms with E-state index >= 15 is 0 Å². The molecule has 0 saturated carbocycles. The van der Waals surface area contributed by atoms with Crippen LogP contribution in [0.3, 0.4) is 0 Å². The lowest BCUT2D eigenvalue weighted by atomic mass is 10.1. The second-order valence-corrected chi connectivity index (χ2v) is 4.59. The number of benzene rings is 1. The van der Waals surface area contributed by atoms with Crippen LogP contribution < -0.4 is 0 Å². The fourth-order valence-electron chi connectivity index (χ4n) is 1.57. The highest BCUT2D eigenvalue weighted by Gasteiger charge is 2.18. The minimum atomic E-state index is -1.18. The zero-order valence-electron chi connectivity index (χ0n) is 10.6. The molecule has 20 heavy (non-hydrogen) atoms. The molecule has 1 amide bonds. The highest BCUT2D eigenvalue weighted by Crippen LogP contribution is 2.11. The molecule has 0 saturated heterocycles. The average Bonchev–Trinajstić information content (AvgIpc) is 2.36. The number of rotatable bonds is 7. The molecular weight excluding hydrogens is 286 g/mol. The topological polar surface area (TPSA) is 94.9 Å². The van der Waals surface area contributed by atoms with Crippen molar-refractivity contribution in [3.63, 3.8) is 0 Å². The summed E-state index contributed by atoms with van der Waals surface area (Å²) in [6.45, 7) is -0.645. The number of hydrogen-bond acceptors (Lipinski definition) is 3. The number of carbonyl (C=O) groups is 3. The monoisotopic (exact) mass is 299 g/mol. The van der Waals surface area contributed by atoms with Crippen LogP contribution in [-0.4, -0.2) is 46.0 Å². The van der Waals surface area contributed by atoms with E-state index in [4.69, 9.17) is 21.8 Å². The van der Waals surface area contributed by atoms with Gasteiger partial charge in [-0.05, 0) is 17.7 Å². The van der Waals surface area contributed by atoms with E-state index in [2.05, 4.69) is 0 Å². The van der Waals surface area contributed by atoms with Crippen LogP contribution in [0.1, 0.15) is 12.0 Å². The molecule has 0 heterocycles. The molecule has 6 nitrogen and oxygen atoms in total. The van der Waals surface area contributed by atoms with Crippen LogP contribution in [0.15, 0.2) is 24.3 Å². The number of nitrogens with zero attached hydrogens (tertiary/aromatic N) is 1. The molecule has 0 aromatic heterocycles. The molecule has 2 N–H and O–H groups in total. The van der Waals surface area contributed by atoms with Crippen LogP contribution >= 0.6 is 11.6 Å². The Hall–Kier alpha value is -2.08. The zero-order chi connectivity index (χ0) is 15.1. The molecule has 1 aromatic carbocycles. The Morgan fingerprint density at radius 1 is 1.05 bits per heavy atom. The Labute approximate surface area is 120 Å². The van der Waals surface area contributed by atoms with Gasteiger partial charge in [0.25, 0.3) is 0 Å². The average molecular weight is 300 g/mol. The molecule has 0 radical (unpaired) electrons. The predicted molar refractivity (Wildman–Crippen MR) is 71.6 cm³/mol. The second-order valence-electron chi connectivity index (χ2n) is 4.16. The summed E-state index contributed by atoms with van der Waals surface area (Å²) < 4.78 is 0. The van der Waals surface area contributed by atoms with Crippen molar-refractivity contribution in [3.8, 4) is 0 Å². The van der Waals surface area contributed by atoms with Crippen LogP contribution in [0, 0.1) is 0 Å². The third kappa shape index (κ3) is 5.71. The minimum absolute atomic E-state index is 0.00404. The first kappa shape index (κ1) is 16.0. The number of carboxylic acids is 2. The summed E-state index contributed by atoms with van der Waals surface area (Å²) in [7, 11) is 0.